The summed E-state index contributed by atoms with van der Waals surface area (Å²) < 4.78 is 7.10. The molecule has 0 N–H and O–H groups in total. The van der Waals surface area contributed by atoms with Gasteiger partial charge >= 0.3 is 5.97 Å². The van der Waals surface area contributed by atoms with Crippen LogP contribution in [0.4, 0.5) is 0 Å². The molecule has 0 saturated carbocycles. The first-order valence-electron chi connectivity index (χ1n) is 6.61. The van der Waals surface area contributed by atoms with Gasteiger partial charge < -0.3 is 9.30 Å². The van der Waals surface area contributed by atoms with Crippen molar-refractivity contribution in [1.82, 2.24) is 14.5 Å². The zero-order chi connectivity index (χ0) is 12.8. The highest BCUT2D eigenvalue weighted by Gasteiger charge is 2.22. The second-order valence-corrected chi connectivity index (χ2v) is 4.81. The normalized spacial score (nSPS) is 20.8. The molecule has 0 amide bonds. The number of imidazole rings is 1. The van der Waals surface area contributed by atoms with E-state index in [1.165, 1.54) is 6.42 Å². The molecule has 0 aliphatic carbocycles. The Morgan fingerprint density at radius 3 is 3.17 bits per heavy atom. The van der Waals surface area contributed by atoms with Crippen molar-refractivity contribution in [2.45, 2.75) is 26.3 Å². The number of aromatic nitrogens is 2. The molecule has 1 aromatic heterocycles. The van der Waals surface area contributed by atoms with Crippen LogP contribution in [0.15, 0.2) is 18.7 Å². The van der Waals surface area contributed by atoms with Gasteiger partial charge in [0.05, 0.1) is 19.5 Å². The average molecular weight is 251 g/mol. The third-order valence-corrected chi connectivity index (χ3v) is 3.29. The fraction of sp³-hybridized carbons (Fsp3) is 0.692. The zero-order valence-electron chi connectivity index (χ0n) is 10.9. The molecule has 2 heterocycles. The molecule has 5 nitrogen and oxygen atoms in total. The lowest BCUT2D eigenvalue weighted by atomic mass is 9.98. The van der Waals surface area contributed by atoms with Crippen LogP contribution in [0.25, 0.3) is 0 Å². The van der Waals surface area contributed by atoms with Crippen LogP contribution >= 0.6 is 0 Å². The summed E-state index contributed by atoms with van der Waals surface area (Å²) in [4.78, 5) is 17.7. The minimum absolute atomic E-state index is 0.110. The molecule has 0 spiro atoms. The second-order valence-electron chi connectivity index (χ2n) is 4.81. The van der Waals surface area contributed by atoms with Gasteiger partial charge in [-0.1, -0.05) is 0 Å². The SMILES string of the molecule is CCOC(=O)CN1CCC[C@H](Cn2ccnc2)C1. The van der Waals surface area contributed by atoms with Crippen LogP contribution in [0.5, 0.6) is 0 Å². The summed E-state index contributed by atoms with van der Waals surface area (Å²) in [6.45, 7) is 5.69. The predicted octanol–water partition coefficient (Wildman–Crippen LogP) is 1.16. The van der Waals surface area contributed by atoms with E-state index in [0.717, 1.165) is 26.1 Å². The molecule has 2 rings (SSSR count). The molecule has 1 aliphatic heterocycles. The molecule has 1 saturated heterocycles. The molecule has 18 heavy (non-hydrogen) atoms. The molecule has 0 radical (unpaired) electrons. The van der Waals surface area contributed by atoms with Crippen molar-refractivity contribution in [3.63, 3.8) is 0 Å². The number of rotatable bonds is 5. The van der Waals surface area contributed by atoms with Crippen molar-refractivity contribution in [2.75, 3.05) is 26.2 Å². The van der Waals surface area contributed by atoms with Crippen molar-refractivity contribution < 1.29 is 9.53 Å². The van der Waals surface area contributed by atoms with Gasteiger partial charge in [-0.15, -0.1) is 0 Å². The molecule has 5 heteroatoms. The lowest BCUT2D eigenvalue weighted by Crippen LogP contribution is -2.40. The van der Waals surface area contributed by atoms with Gasteiger partial charge in [-0.2, -0.15) is 0 Å². The van der Waals surface area contributed by atoms with E-state index in [-0.39, 0.29) is 5.97 Å². The maximum absolute atomic E-state index is 11.5. The second kappa shape index (κ2) is 6.54. The van der Waals surface area contributed by atoms with Crippen LogP contribution in [0, 0.1) is 5.92 Å². The first kappa shape index (κ1) is 13.1. The first-order chi connectivity index (χ1) is 8.78. The van der Waals surface area contributed by atoms with Gasteiger partial charge in [0.25, 0.3) is 0 Å². The molecular formula is C13H21N3O2. The topological polar surface area (TPSA) is 47.4 Å². The van der Waals surface area contributed by atoms with Crippen LogP contribution in [0.2, 0.25) is 0 Å². The maximum Gasteiger partial charge on any atom is 0.320 e. The van der Waals surface area contributed by atoms with Crippen molar-refractivity contribution in [3.8, 4) is 0 Å². The van der Waals surface area contributed by atoms with Crippen molar-refractivity contribution in [3.05, 3.63) is 18.7 Å². The molecule has 0 bridgehead atoms. The quantitative estimate of drug-likeness (QED) is 0.737. The highest BCUT2D eigenvalue weighted by molar-refractivity contribution is 5.71. The highest BCUT2D eigenvalue weighted by Crippen LogP contribution is 2.18. The Balaban J connectivity index is 1.79. The van der Waals surface area contributed by atoms with Gasteiger partial charge in [0.1, 0.15) is 0 Å². The number of hydrogen-bond donors (Lipinski definition) is 0. The van der Waals surface area contributed by atoms with E-state index in [2.05, 4.69) is 14.5 Å². The molecule has 100 valence electrons. The van der Waals surface area contributed by atoms with E-state index in [1.807, 2.05) is 19.4 Å². The van der Waals surface area contributed by atoms with E-state index in [1.54, 1.807) is 6.20 Å². The molecule has 1 atom stereocenters. The highest BCUT2D eigenvalue weighted by atomic mass is 16.5. The fourth-order valence-corrected chi connectivity index (χ4v) is 2.53. The van der Waals surface area contributed by atoms with E-state index in [9.17, 15) is 4.79 Å². The van der Waals surface area contributed by atoms with Gasteiger partial charge in [-0.3, -0.25) is 9.69 Å². The Morgan fingerprint density at radius 1 is 1.56 bits per heavy atom. The number of esters is 1. The molecule has 1 fully saturated rings. The summed E-state index contributed by atoms with van der Waals surface area (Å²) in [5, 5.41) is 0. The standard InChI is InChI=1S/C13H21N3O2/c1-2-18-13(17)10-15-6-3-4-12(8-15)9-16-7-5-14-11-16/h5,7,11-12H,2-4,6,8-10H2,1H3/t12-/m0/s1. The Morgan fingerprint density at radius 2 is 2.44 bits per heavy atom. The third kappa shape index (κ3) is 3.84. The van der Waals surface area contributed by atoms with Gasteiger partial charge in [0, 0.05) is 25.5 Å². The van der Waals surface area contributed by atoms with Gasteiger partial charge in [0.15, 0.2) is 0 Å². The Bertz CT molecular complexity index is 364. The van der Waals surface area contributed by atoms with E-state index in [0.29, 0.717) is 19.1 Å². The van der Waals surface area contributed by atoms with E-state index < -0.39 is 0 Å². The summed E-state index contributed by atoms with van der Waals surface area (Å²) in [5.41, 5.74) is 0. The predicted molar refractivity (Wildman–Crippen MR) is 68.0 cm³/mol. The first-order valence-corrected chi connectivity index (χ1v) is 6.61. The minimum atomic E-state index is -0.110. The van der Waals surface area contributed by atoms with Crippen LogP contribution in [-0.4, -0.2) is 46.7 Å². The zero-order valence-corrected chi connectivity index (χ0v) is 10.9. The van der Waals surface area contributed by atoms with Crippen LogP contribution in [0.1, 0.15) is 19.8 Å². The average Bonchev–Trinajstić information content (AvgIpc) is 2.82. The largest absolute Gasteiger partial charge is 0.465 e. The summed E-state index contributed by atoms with van der Waals surface area (Å²) in [7, 11) is 0. The fourth-order valence-electron chi connectivity index (χ4n) is 2.53. The molecule has 1 aliphatic rings. The van der Waals surface area contributed by atoms with Crippen LogP contribution in [0.3, 0.4) is 0 Å². The molecular weight excluding hydrogens is 230 g/mol. The number of hydrogen-bond acceptors (Lipinski definition) is 4. The third-order valence-electron chi connectivity index (χ3n) is 3.29. The van der Waals surface area contributed by atoms with Gasteiger partial charge in [0.2, 0.25) is 0 Å². The van der Waals surface area contributed by atoms with Crippen molar-refractivity contribution >= 4 is 5.97 Å². The molecule has 0 unspecified atom stereocenters. The van der Waals surface area contributed by atoms with E-state index in [4.69, 9.17) is 4.74 Å². The van der Waals surface area contributed by atoms with E-state index >= 15 is 0 Å². The monoisotopic (exact) mass is 251 g/mol. The Kier molecular flexibility index (Phi) is 4.75. The summed E-state index contributed by atoms with van der Waals surface area (Å²) >= 11 is 0. The summed E-state index contributed by atoms with van der Waals surface area (Å²) in [6.07, 6.45) is 8.02. The Hall–Kier alpha value is -1.36. The number of ether oxygens (including phenoxy) is 1. The van der Waals surface area contributed by atoms with Crippen LogP contribution in [-0.2, 0) is 16.1 Å². The number of carbonyl (C=O) groups is 1. The van der Waals surface area contributed by atoms with Crippen molar-refractivity contribution in [1.29, 1.82) is 0 Å². The number of nitrogens with zero attached hydrogens (tertiary/aromatic N) is 3. The number of likely N-dealkylation sites (tertiary alicyclic amines) is 1. The minimum Gasteiger partial charge on any atom is -0.465 e. The number of piperidine rings is 1. The summed E-state index contributed by atoms with van der Waals surface area (Å²) in [5.74, 6) is 0.489. The maximum atomic E-state index is 11.5. The van der Waals surface area contributed by atoms with Gasteiger partial charge in [-0.05, 0) is 32.2 Å². The summed E-state index contributed by atoms with van der Waals surface area (Å²) in [6, 6.07) is 0. The Labute approximate surface area is 108 Å². The van der Waals surface area contributed by atoms with Crippen LogP contribution < -0.4 is 0 Å². The van der Waals surface area contributed by atoms with Gasteiger partial charge in [-0.25, -0.2) is 4.98 Å². The molecule has 1 aromatic rings. The van der Waals surface area contributed by atoms with Crippen molar-refractivity contribution in [2.24, 2.45) is 5.92 Å². The smallest absolute Gasteiger partial charge is 0.320 e. The number of carbonyl (C=O) groups excluding carboxylic acids is 1. The molecule has 0 aromatic carbocycles. The lowest BCUT2D eigenvalue weighted by molar-refractivity contribution is -0.144. The lowest BCUT2D eigenvalue weighted by Gasteiger charge is -2.32.